The summed E-state index contributed by atoms with van der Waals surface area (Å²) in [5.74, 6) is 3.13. The van der Waals surface area contributed by atoms with Gasteiger partial charge in [0.2, 0.25) is 28.9 Å². The number of nitrogens with one attached hydrogen (secondary N) is 2. The van der Waals surface area contributed by atoms with Crippen LogP contribution in [0.4, 0.5) is 11.4 Å². The van der Waals surface area contributed by atoms with Crippen molar-refractivity contribution < 1.29 is 9.47 Å². The lowest BCUT2D eigenvalue weighted by atomic mass is 10.1. The fourth-order valence-corrected chi connectivity index (χ4v) is 6.07. The van der Waals surface area contributed by atoms with E-state index in [0.29, 0.717) is 69.7 Å². The topological polar surface area (TPSA) is 177 Å². The average molecular weight is 726 g/mol. The fraction of sp³-hybridized carbons (Fsp3) is 0.270. The first-order valence-electron chi connectivity index (χ1n) is 17.5. The van der Waals surface area contributed by atoms with E-state index in [1.54, 1.807) is 30.7 Å². The highest BCUT2D eigenvalue weighted by molar-refractivity contribution is 5.76. The van der Waals surface area contributed by atoms with Gasteiger partial charge in [-0.1, -0.05) is 18.2 Å². The number of anilines is 2. The maximum absolute atomic E-state index is 6.45. The first-order valence-corrected chi connectivity index (χ1v) is 17.5. The SMILES string of the molecule is Cc1nnc2c(NC(C)C)cc(-c3cn(C)nc3Oc3cccc(Cc4nnc5c(NC(C)C)cc(-c6cn(C)nc6Oc6ccccn6)nn45)c3)nn12. The molecule has 0 radical (unpaired) electrons. The van der Waals surface area contributed by atoms with E-state index in [1.807, 2.05) is 81.9 Å². The maximum Gasteiger partial charge on any atom is 0.249 e. The molecule has 0 saturated carbocycles. The van der Waals surface area contributed by atoms with E-state index >= 15 is 0 Å². The molecule has 0 aliphatic carbocycles. The number of pyridine rings is 1. The predicted molar refractivity (Wildman–Crippen MR) is 202 cm³/mol. The van der Waals surface area contributed by atoms with E-state index in [-0.39, 0.29) is 12.1 Å². The monoisotopic (exact) mass is 725 g/mol. The minimum absolute atomic E-state index is 0.128. The molecule has 1 aromatic carbocycles. The molecule has 0 amide bonds. The normalized spacial score (nSPS) is 11.6. The van der Waals surface area contributed by atoms with Crippen LogP contribution in [0.5, 0.6) is 23.4 Å². The van der Waals surface area contributed by atoms with Crippen LogP contribution in [-0.4, -0.2) is 76.3 Å². The first-order chi connectivity index (χ1) is 26.1. The molecule has 0 fully saturated rings. The standard InChI is InChI=1S/C37H39N15O2/c1-21(2)39-30-17-28(45-51-23(5)41-43-34(30)51)26-19-49(6)47-36(26)53-25-12-10-11-24(15-25)16-32-42-44-35-31(40-22(3)4)18-29(46-52(32)35)27-20-50(7)48-37(27)54-33-13-8-9-14-38-33/h8-15,17-22,39-40H,16H2,1-7H3. The number of benzene rings is 1. The van der Waals surface area contributed by atoms with Gasteiger partial charge in [-0.3, -0.25) is 9.36 Å². The van der Waals surface area contributed by atoms with Crippen LogP contribution in [0.3, 0.4) is 0 Å². The van der Waals surface area contributed by atoms with Crippen molar-refractivity contribution in [1.82, 2.24) is 64.2 Å². The van der Waals surface area contributed by atoms with Gasteiger partial charge in [0.05, 0.1) is 22.5 Å². The molecule has 8 aromatic rings. The summed E-state index contributed by atoms with van der Waals surface area (Å²) in [5.41, 5.74) is 6.49. The smallest absolute Gasteiger partial charge is 0.249 e. The zero-order valence-electron chi connectivity index (χ0n) is 30.9. The summed E-state index contributed by atoms with van der Waals surface area (Å²) in [6, 6.07) is 17.5. The van der Waals surface area contributed by atoms with Gasteiger partial charge in [0.1, 0.15) is 17.1 Å². The van der Waals surface area contributed by atoms with Gasteiger partial charge < -0.3 is 20.1 Å². The Kier molecular flexibility index (Phi) is 8.80. The lowest BCUT2D eigenvalue weighted by Crippen LogP contribution is -2.12. The molecule has 0 unspecified atom stereocenters. The van der Waals surface area contributed by atoms with E-state index in [9.17, 15) is 0 Å². The summed E-state index contributed by atoms with van der Waals surface area (Å²) in [4.78, 5) is 4.30. The molecule has 274 valence electrons. The van der Waals surface area contributed by atoms with Gasteiger partial charge in [-0.25, -0.2) is 4.98 Å². The van der Waals surface area contributed by atoms with Crippen LogP contribution in [-0.2, 0) is 20.5 Å². The Morgan fingerprint density at radius 2 is 1.30 bits per heavy atom. The molecule has 7 heterocycles. The van der Waals surface area contributed by atoms with Crippen LogP contribution in [0.1, 0.15) is 44.9 Å². The van der Waals surface area contributed by atoms with Crippen molar-refractivity contribution in [2.75, 3.05) is 10.6 Å². The van der Waals surface area contributed by atoms with E-state index in [4.69, 9.17) is 19.7 Å². The highest BCUT2D eigenvalue weighted by Gasteiger charge is 2.22. The summed E-state index contributed by atoms with van der Waals surface area (Å²) in [6.07, 6.45) is 5.84. The van der Waals surface area contributed by atoms with Crippen molar-refractivity contribution in [3.63, 3.8) is 0 Å². The third-order valence-corrected chi connectivity index (χ3v) is 8.31. The second-order valence-electron chi connectivity index (χ2n) is 13.6. The molecule has 54 heavy (non-hydrogen) atoms. The van der Waals surface area contributed by atoms with E-state index in [0.717, 1.165) is 22.5 Å². The van der Waals surface area contributed by atoms with Gasteiger partial charge in [-0.05, 0) is 70.5 Å². The Morgan fingerprint density at radius 1 is 0.667 bits per heavy atom. The molecular formula is C37H39N15O2. The number of nitrogens with zero attached hydrogens (tertiary/aromatic N) is 13. The minimum atomic E-state index is 0.128. The molecule has 0 saturated heterocycles. The quantitative estimate of drug-likeness (QED) is 0.153. The number of ether oxygens (including phenoxy) is 2. The number of aryl methyl sites for hydroxylation is 3. The van der Waals surface area contributed by atoms with Gasteiger partial charge in [-0.2, -0.15) is 19.2 Å². The lowest BCUT2D eigenvalue weighted by Gasteiger charge is -2.13. The van der Waals surface area contributed by atoms with Gasteiger partial charge in [0.15, 0.2) is 11.6 Å². The fourth-order valence-electron chi connectivity index (χ4n) is 6.07. The zero-order valence-corrected chi connectivity index (χ0v) is 30.9. The summed E-state index contributed by atoms with van der Waals surface area (Å²) in [6.45, 7) is 10.1. The molecule has 0 bridgehead atoms. The number of hydrogen-bond acceptors (Lipinski definition) is 13. The Hall–Kier alpha value is -6.91. The molecule has 7 aromatic heterocycles. The second-order valence-corrected chi connectivity index (χ2v) is 13.6. The molecule has 0 aliphatic heterocycles. The van der Waals surface area contributed by atoms with Crippen LogP contribution >= 0.6 is 0 Å². The molecule has 8 rings (SSSR count). The first kappa shape index (κ1) is 34.2. The Labute approximate surface area is 310 Å². The highest BCUT2D eigenvalue weighted by atomic mass is 16.5. The molecule has 0 spiro atoms. The maximum atomic E-state index is 6.45. The lowest BCUT2D eigenvalue weighted by molar-refractivity contribution is 0.438. The van der Waals surface area contributed by atoms with Crippen molar-refractivity contribution in [2.45, 2.75) is 53.1 Å². The summed E-state index contributed by atoms with van der Waals surface area (Å²) >= 11 is 0. The number of hydrogen-bond donors (Lipinski definition) is 2. The third kappa shape index (κ3) is 6.85. The van der Waals surface area contributed by atoms with Crippen molar-refractivity contribution in [3.8, 4) is 45.9 Å². The molecule has 17 nitrogen and oxygen atoms in total. The molecule has 0 aliphatic rings. The molecule has 17 heteroatoms. The summed E-state index contributed by atoms with van der Waals surface area (Å²) < 4.78 is 19.4. The average Bonchev–Trinajstić information content (AvgIpc) is 3.91. The van der Waals surface area contributed by atoms with Crippen molar-refractivity contribution >= 4 is 22.7 Å². The van der Waals surface area contributed by atoms with Gasteiger partial charge in [0.25, 0.3) is 0 Å². The number of rotatable bonds is 12. The zero-order chi connectivity index (χ0) is 37.5. The van der Waals surface area contributed by atoms with Crippen molar-refractivity contribution in [3.05, 3.63) is 90.4 Å². The third-order valence-electron chi connectivity index (χ3n) is 8.31. The molecule has 2 N–H and O–H groups in total. The van der Waals surface area contributed by atoms with Gasteiger partial charge in [0, 0.05) is 57.3 Å². The van der Waals surface area contributed by atoms with Crippen LogP contribution in [0, 0.1) is 6.92 Å². The van der Waals surface area contributed by atoms with E-state index in [2.05, 4.69) is 73.9 Å². The number of fused-ring (bicyclic) bond motifs is 2. The highest BCUT2D eigenvalue weighted by Crippen LogP contribution is 2.35. The van der Waals surface area contributed by atoms with Crippen LogP contribution in [0.2, 0.25) is 0 Å². The van der Waals surface area contributed by atoms with Crippen LogP contribution < -0.4 is 20.1 Å². The van der Waals surface area contributed by atoms with Crippen molar-refractivity contribution in [1.29, 1.82) is 0 Å². The van der Waals surface area contributed by atoms with Crippen LogP contribution in [0.25, 0.3) is 33.8 Å². The van der Waals surface area contributed by atoms with Crippen LogP contribution in [0.15, 0.2) is 73.2 Å². The molecule has 0 atom stereocenters. The van der Waals surface area contributed by atoms with Gasteiger partial charge in [-0.15, -0.1) is 30.6 Å². The predicted octanol–water partition coefficient (Wildman–Crippen LogP) is 5.88. The minimum Gasteiger partial charge on any atom is -0.437 e. The summed E-state index contributed by atoms with van der Waals surface area (Å²) in [7, 11) is 3.68. The van der Waals surface area contributed by atoms with E-state index < -0.39 is 0 Å². The van der Waals surface area contributed by atoms with Crippen molar-refractivity contribution in [2.24, 2.45) is 14.1 Å². The Morgan fingerprint density at radius 3 is 1.94 bits per heavy atom. The van der Waals surface area contributed by atoms with E-state index in [1.165, 1.54) is 0 Å². The largest absolute Gasteiger partial charge is 0.437 e. The summed E-state index contributed by atoms with van der Waals surface area (Å²) in [5, 5.41) is 43.7. The number of aromatic nitrogens is 13. The Bertz CT molecular complexity index is 2600. The second kappa shape index (κ2) is 13.9. The van der Waals surface area contributed by atoms with Gasteiger partial charge >= 0.3 is 0 Å². The molecular weight excluding hydrogens is 687 g/mol. The Balaban J connectivity index is 1.12.